The monoisotopic (exact) mass is 325 g/mol. The molecule has 0 radical (unpaired) electrons. The van der Waals surface area contributed by atoms with E-state index in [9.17, 15) is 0 Å². The highest BCUT2D eigenvalue weighted by molar-refractivity contribution is 5.28. The predicted octanol–water partition coefficient (Wildman–Crippen LogP) is 4.97. The number of rotatable bonds is 11. The number of ether oxygens (including phenoxy) is 1. The highest BCUT2D eigenvalue weighted by Gasteiger charge is 2.00. The smallest absolute Gasteiger partial charge is 0.119 e. The van der Waals surface area contributed by atoms with Gasteiger partial charge in [-0.15, -0.1) is 0 Å². The molecule has 24 heavy (non-hydrogen) atoms. The minimum atomic E-state index is 0.810. The molecule has 130 valence electrons. The average molecular weight is 325 g/mol. The highest BCUT2D eigenvalue weighted by Crippen LogP contribution is 2.14. The molecule has 0 heterocycles. The Hall–Kier alpha value is -1.80. The predicted molar refractivity (Wildman–Crippen MR) is 103 cm³/mol. The molecule has 0 spiro atoms. The van der Waals surface area contributed by atoms with Crippen molar-refractivity contribution in [1.82, 2.24) is 4.90 Å². The normalized spacial score (nSPS) is 11.0. The van der Waals surface area contributed by atoms with Crippen LogP contribution in [0.4, 0.5) is 0 Å². The van der Waals surface area contributed by atoms with Gasteiger partial charge in [-0.2, -0.15) is 0 Å². The van der Waals surface area contributed by atoms with Gasteiger partial charge in [0.05, 0.1) is 6.61 Å². The van der Waals surface area contributed by atoms with Crippen molar-refractivity contribution in [3.05, 3.63) is 65.7 Å². The average Bonchev–Trinajstić information content (AvgIpc) is 2.65. The van der Waals surface area contributed by atoms with Gasteiger partial charge >= 0.3 is 0 Å². The molecule has 0 amide bonds. The Morgan fingerprint density at radius 2 is 1.38 bits per heavy atom. The fourth-order valence-corrected chi connectivity index (χ4v) is 2.85. The molecule has 2 nitrogen and oxygen atoms in total. The van der Waals surface area contributed by atoms with Crippen molar-refractivity contribution in [2.75, 3.05) is 26.2 Å². The van der Waals surface area contributed by atoms with Gasteiger partial charge in [-0.3, -0.25) is 0 Å². The molecule has 0 N–H and O–H groups in total. The van der Waals surface area contributed by atoms with Crippen LogP contribution in [0.1, 0.15) is 37.8 Å². The fraction of sp³-hybridized carbons (Fsp3) is 0.455. The van der Waals surface area contributed by atoms with Crippen LogP contribution in [-0.2, 0) is 12.8 Å². The molecule has 2 rings (SSSR count). The third-order valence-corrected chi connectivity index (χ3v) is 4.50. The standard InChI is InChI=1S/C22H31NO/c1-3-23(4-2)18-8-9-19-24-22-16-14-21(15-17-22)13-12-20-10-6-5-7-11-20/h5-7,10-11,14-17H,3-4,8-9,12-13,18-19H2,1-2H3. The van der Waals surface area contributed by atoms with Crippen LogP contribution in [0.5, 0.6) is 5.75 Å². The minimum absolute atomic E-state index is 0.810. The van der Waals surface area contributed by atoms with Crippen LogP contribution in [0.2, 0.25) is 0 Å². The molecule has 2 heteroatoms. The van der Waals surface area contributed by atoms with Crippen molar-refractivity contribution < 1.29 is 4.74 Å². The van der Waals surface area contributed by atoms with Crippen LogP contribution >= 0.6 is 0 Å². The first kappa shape index (κ1) is 18.5. The summed E-state index contributed by atoms with van der Waals surface area (Å²) >= 11 is 0. The van der Waals surface area contributed by atoms with E-state index in [1.54, 1.807) is 0 Å². The number of aryl methyl sites for hydroxylation is 2. The number of benzene rings is 2. The molecule has 0 aliphatic carbocycles. The lowest BCUT2D eigenvalue weighted by Crippen LogP contribution is -2.24. The van der Waals surface area contributed by atoms with Crippen molar-refractivity contribution in [3.8, 4) is 5.75 Å². The van der Waals surface area contributed by atoms with E-state index < -0.39 is 0 Å². The second-order valence-electron chi connectivity index (χ2n) is 6.21. The second kappa shape index (κ2) is 10.9. The van der Waals surface area contributed by atoms with E-state index in [4.69, 9.17) is 4.74 Å². The molecule has 0 saturated heterocycles. The van der Waals surface area contributed by atoms with Crippen molar-refractivity contribution in [2.24, 2.45) is 0 Å². The van der Waals surface area contributed by atoms with Gasteiger partial charge in [0.2, 0.25) is 0 Å². The Bertz CT molecular complexity index is 546. The molecule has 0 fully saturated rings. The summed E-state index contributed by atoms with van der Waals surface area (Å²) in [5.74, 6) is 0.987. The summed E-state index contributed by atoms with van der Waals surface area (Å²) in [6.45, 7) is 8.71. The van der Waals surface area contributed by atoms with Gasteiger partial charge < -0.3 is 9.64 Å². The summed E-state index contributed by atoms with van der Waals surface area (Å²) < 4.78 is 5.85. The highest BCUT2D eigenvalue weighted by atomic mass is 16.5. The third-order valence-electron chi connectivity index (χ3n) is 4.50. The lowest BCUT2D eigenvalue weighted by Gasteiger charge is -2.17. The maximum atomic E-state index is 5.85. The minimum Gasteiger partial charge on any atom is -0.494 e. The fourth-order valence-electron chi connectivity index (χ4n) is 2.85. The van der Waals surface area contributed by atoms with Gasteiger partial charge in [-0.05, 0) is 68.6 Å². The van der Waals surface area contributed by atoms with Gasteiger partial charge in [0.15, 0.2) is 0 Å². The Kier molecular flexibility index (Phi) is 8.40. The Morgan fingerprint density at radius 1 is 0.750 bits per heavy atom. The molecule has 0 aliphatic rings. The van der Waals surface area contributed by atoms with E-state index in [0.717, 1.165) is 44.7 Å². The molecule has 0 atom stereocenters. The van der Waals surface area contributed by atoms with E-state index in [1.165, 1.54) is 24.1 Å². The molecule has 0 saturated carbocycles. The maximum absolute atomic E-state index is 5.85. The van der Waals surface area contributed by atoms with E-state index in [2.05, 4.69) is 73.3 Å². The van der Waals surface area contributed by atoms with Gasteiger partial charge in [-0.25, -0.2) is 0 Å². The number of nitrogens with zero attached hydrogens (tertiary/aromatic N) is 1. The Morgan fingerprint density at radius 3 is 2.00 bits per heavy atom. The van der Waals surface area contributed by atoms with Crippen molar-refractivity contribution in [1.29, 1.82) is 0 Å². The van der Waals surface area contributed by atoms with Gasteiger partial charge in [0, 0.05) is 0 Å². The van der Waals surface area contributed by atoms with E-state index in [0.29, 0.717) is 0 Å². The summed E-state index contributed by atoms with van der Waals surface area (Å²) in [6.07, 6.45) is 4.49. The Labute approximate surface area is 147 Å². The zero-order valence-corrected chi connectivity index (χ0v) is 15.2. The van der Waals surface area contributed by atoms with Crippen LogP contribution in [0.15, 0.2) is 54.6 Å². The molecule has 2 aromatic rings. The first-order valence-corrected chi connectivity index (χ1v) is 9.29. The second-order valence-corrected chi connectivity index (χ2v) is 6.21. The third kappa shape index (κ3) is 6.76. The van der Waals surface area contributed by atoms with E-state index in [-0.39, 0.29) is 0 Å². The zero-order chi connectivity index (χ0) is 17.0. The van der Waals surface area contributed by atoms with E-state index >= 15 is 0 Å². The van der Waals surface area contributed by atoms with Crippen LogP contribution in [0, 0.1) is 0 Å². The molecule has 0 bridgehead atoms. The quantitative estimate of drug-likeness (QED) is 0.541. The van der Waals surface area contributed by atoms with Crippen LogP contribution < -0.4 is 4.74 Å². The van der Waals surface area contributed by atoms with Crippen LogP contribution in [0.25, 0.3) is 0 Å². The molecule has 0 aromatic heterocycles. The largest absolute Gasteiger partial charge is 0.494 e. The molecule has 0 aliphatic heterocycles. The van der Waals surface area contributed by atoms with Crippen molar-refractivity contribution >= 4 is 0 Å². The van der Waals surface area contributed by atoms with Crippen molar-refractivity contribution in [2.45, 2.75) is 39.5 Å². The Balaban J connectivity index is 1.65. The molecule has 0 unspecified atom stereocenters. The first-order chi connectivity index (χ1) is 11.8. The SMILES string of the molecule is CCN(CC)CCCCOc1ccc(CCc2ccccc2)cc1. The van der Waals surface area contributed by atoms with Crippen LogP contribution in [-0.4, -0.2) is 31.1 Å². The molecular formula is C22H31NO. The molecule has 2 aromatic carbocycles. The summed E-state index contributed by atoms with van der Waals surface area (Å²) in [5.41, 5.74) is 2.76. The maximum Gasteiger partial charge on any atom is 0.119 e. The number of unbranched alkanes of at least 4 members (excludes halogenated alkanes) is 1. The van der Waals surface area contributed by atoms with Gasteiger partial charge in [0.1, 0.15) is 5.75 Å². The van der Waals surface area contributed by atoms with E-state index in [1.807, 2.05) is 0 Å². The lowest BCUT2D eigenvalue weighted by molar-refractivity contribution is 0.266. The lowest BCUT2D eigenvalue weighted by atomic mass is 10.0. The van der Waals surface area contributed by atoms with Gasteiger partial charge in [-0.1, -0.05) is 56.3 Å². The summed E-state index contributed by atoms with van der Waals surface area (Å²) in [5, 5.41) is 0. The summed E-state index contributed by atoms with van der Waals surface area (Å²) in [6, 6.07) is 19.2. The first-order valence-electron chi connectivity index (χ1n) is 9.29. The summed E-state index contributed by atoms with van der Waals surface area (Å²) in [4.78, 5) is 2.46. The van der Waals surface area contributed by atoms with Gasteiger partial charge in [0.25, 0.3) is 0 Å². The molecular weight excluding hydrogens is 294 g/mol. The summed E-state index contributed by atoms with van der Waals surface area (Å²) in [7, 11) is 0. The topological polar surface area (TPSA) is 12.5 Å². The number of hydrogen-bond donors (Lipinski definition) is 0. The number of hydrogen-bond acceptors (Lipinski definition) is 2. The van der Waals surface area contributed by atoms with Crippen molar-refractivity contribution in [3.63, 3.8) is 0 Å². The van der Waals surface area contributed by atoms with Crippen LogP contribution in [0.3, 0.4) is 0 Å². The zero-order valence-electron chi connectivity index (χ0n) is 15.2.